The summed E-state index contributed by atoms with van der Waals surface area (Å²) in [7, 11) is 1.86. The summed E-state index contributed by atoms with van der Waals surface area (Å²) in [5.74, 6) is 0.103. The highest BCUT2D eigenvalue weighted by Crippen LogP contribution is 2.32. The second-order valence-corrected chi connectivity index (χ2v) is 4.28. The first-order valence-corrected chi connectivity index (χ1v) is 5.95. The molecule has 0 aliphatic heterocycles. The monoisotopic (exact) mass is 230 g/mol. The van der Waals surface area contributed by atoms with Gasteiger partial charge in [-0.15, -0.1) is 0 Å². The zero-order chi connectivity index (χ0) is 12.3. The summed E-state index contributed by atoms with van der Waals surface area (Å²) in [5.41, 5.74) is 1.90. The van der Waals surface area contributed by atoms with Crippen molar-refractivity contribution in [3.63, 3.8) is 0 Å². The van der Waals surface area contributed by atoms with Gasteiger partial charge in [-0.25, -0.2) is 0 Å². The van der Waals surface area contributed by atoms with Gasteiger partial charge in [0.15, 0.2) is 0 Å². The maximum Gasteiger partial charge on any atom is 0.105 e. The number of benzene rings is 1. The summed E-state index contributed by atoms with van der Waals surface area (Å²) in [5, 5.41) is 14.6. The predicted molar refractivity (Wildman–Crippen MR) is 67.6 cm³/mol. The van der Waals surface area contributed by atoms with Crippen LogP contribution in [0, 0.1) is 0 Å². The van der Waals surface area contributed by atoms with Crippen LogP contribution in [-0.4, -0.2) is 14.9 Å². The zero-order valence-electron chi connectivity index (χ0n) is 10.2. The molecule has 0 saturated carbocycles. The van der Waals surface area contributed by atoms with Gasteiger partial charge in [-0.05, 0) is 18.1 Å². The van der Waals surface area contributed by atoms with Crippen LogP contribution in [0.25, 0.3) is 0 Å². The summed E-state index contributed by atoms with van der Waals surface area (Å²) in [6.07, 6.45) is 2.21. The SMILES string of the molecule is CCC(c1ccccc1)C(O)c1ccn(C)n1. The molecule has 0 aliphatic rings. The maximum absolute atomic E-state index is 10.4. The van der Waals surface area contributed by atoms with E-state index in [1.54, 1.807) is 4.68 Å². The minimum atomic E-state index is -0.538. The van der Waals surface area contributed by atoms with Crippen LogP contribution in [0.4, 0.5) is 0 Å². The van der Waals surface area contributed by atoms with Gasteiger partial charge in [0.25, 0.3) is 0 Å². The van der Waals surface area contributed by atoms with E-state index in [1.165, 1.54) is 0 Å². The number of aryl methyl sites for hydroxylation is 1. The molecule has 2 rings (SSSR count). The highest BCUT2D eigenvalue weighted by Gasteiger charge is 2.22. The molecular weight excluding hydrogens is 212 g/mol. The van der Waals surface area contributed by atoms with Crippen molar-refractivity contribution in [2.75, 3.05) is 0 Å². The van der Waals surface area contributed by atoms with E-state index in [1.807, 2.05) is 37.5 Å². The van der Waals surface area contributed by atoms with Crippen LogP contribution in [-0.2, 0) is 7.05 Å². The van der Waals surface area contributed by atoms with Crippen LogP contribution in [0.3, 0.4) is 0 Å². The van der Waals surface area contributed by atoms with E-state index in [0.717, 1.165) is 17.7 Å². The third-order valence-electron chi connectivity index (χ3n) is 3.09. The van der Waals surface area contributed by atoms with Gasteiger partial charge in [0.05, 0.1) is 5.69 Å². The molecule has 1 aromatic heterocycles. The molecule has 2 atom stereocenters. The topological polar surface area (TPSA) is 38.0 Å². The van der Waals surface area contributed by atoms with Crippen LogP contribution >= 0.6 is 0 Å². The van der Waals surface area contributed by atoms with E-state index >= 15 is 0 Å². The van der Waals surface area contributed by atoms with Crippen LogP contribution in [0.2, 0.25) is 0 Å². The van der Waals surface area contributed by atoms with E-state index in [2.05, 4.69) is 24.2 Å². The van der Waals surface area contributed by atoms with Crippen LogP contribution in [0.15, 0.2) is 42.6 Å². The fraction of sp³-hybridized carbons (Fsp3) is 0.357. The molecule has 0 radical (unpaired) electrons. The molecule has 0 spiro atoms. The standard InChI is InChI=1S/C14H18N2O/c1-3-12(11-7-5-4-6-8-11)14(17)13-9-10-16(2)15-13/h4-10,12,14,17H,3H2,1-2H3. The minimum Gasteiger partial charge on any atom is -0.386 e. The average Bonchev–Trinajstić information content (AvgIpc) is 2.78. The van der Waals surface area contributed by atoms with Crippen molar-refractivity contribution in [3.8, 4) is 0 Å². The van der Waals surface area contributed by atoms with Crippen molar-refractivity contribution >= 4 is 0 Å². The van der Waals surface area contributed by atoms with E-state index in [9.17, 15) is 5.11 Å². The summed E-state index contributed by atoms with van der Waals surface area (Å²) in [4.78, 5) is 0. The molecule has 1 heterocycles. The van der Waals surface area contributed by atoms with E-state index < -0.39 is 6.10 Å². The molecule has 1 N–H and O–H groups in total. The Morgan fingerprint density at radius 1 is 1.24 bits per heavy atom. The highest BCUT2D eigenvalue weighted by molar-refractivity contribution is 5.23. The average molecular weight is 230 g/mol. The normalized spacial score (nSPS) is 14.5. The Labute approximate surface area is 102 Å². The predicted octanol–water partition coefficient (Wildman–Crippen LogP) is 2.65. The van der Waals surface area contributed by atoms with E-state index in [-0.39, 0.29) is 5.92 Å². The number of hydrogen-bond acceptors (Lipinski definition) is 2. The van der Waals surface area contributed by atoms with Gasteiger partial charge >= 0.3 is 0 Å². The Bertz CT molecular complexity index is 464. The van der Waals surface area contributed by atoms with Gasteiger partial charge in [-0.2, -0.15) is 5.10 Å². The van der Waals surface area contributed by atoms with Crippen LogP contribution in [0.5, 0.6) is 0 Å². The number of aliphatic hydroxyl groups is 1. The number of aliphatic hydroxyl groups excluding tert-OH is 1. The number of rotatable bonds is 4. The maximum atomic E-state index is 10.4. The molecule has 1 aromatic carbocycles. The van der Waals surface area contributed by atoms with Gasteiger partial charge in [-0.3, -0.25) is 4.68 Å². The molecule has 0 aliphatic carbocycles. The first-order chi connectivity index (χ1) is 8.22. The molecule has 0 saturated heterocycles. The first-order valence-electron chi connectivity index (χ1n) is 5.95. The fourth-order valence-corrected chi connectivity index (χ4v) is 2.14. The Balaban J connectivity index is 2.25. The quantitative estimate of drug-likeness (QED) is 0.876. The second kappa shape index (κ2) is 5.15. The summed E-state index contributed by atoms with van der Waals surface area (Å²) in [6.45, 7) is 2.09. The van der Waals surface area contributed by atoms with Gasteiger partial charge < -0.3 is 5.11 Å². The Hall–Kier alpha value is -1.61. The molecule has 2 aromatic rings. The highest BCUT2D eigenvalue weighted by atomic mass is 16.3. The second-order valence-electron chi connectivity index (χ2n) is 4.28. The lowest BCUT2D eigenvalue weighted by molar-refractivity contribution is 0.137. The minimum absolute atomic E-state index is 0.103. The molecule has 0 bridgehead atoms. The van der Waals surface area contributed by atoms with Crippen molar-refractivity contribution in [3.05, 3.63) is 53.9 Å². The van der Waals surface area contributed by atoms with Crippen molar-refractivity contribution in [2.24, 2.45) is 7.05 Å². The van der Waals surface area contributed by atoms with Crippen LogP contribution in [0.1, 0.15) is 36.6 Å². The molecule has 2 unspecified atom stereocenters. The van der Waals surface area contributed by atoms with Gasteiger partial charge in [-0.1, -0.05) is 37.3 Å². The van der Waals surface area contributed by atoms with Crippen molar-refractivity contribution in [2.45, 2.75) is 25.4 Å². The lowest BCUT2D eigenvalue weighted by atomic mass is 9.89. The van der Waals surface area contributed by atoms with Gasteiger partial charge in [0.2, 0.25) is 0 Å². The van der Waals surface area contributed by atoms with Crippen molar-refractivity contribution in [1.29, 1.82) is 0 Å². The smallest absolute Gasteiger partial charge is 0.105 e. The number of nitrogens with zero attached hydrogens (tertiary/aromatic N) is 2. The van der Waals surface area contributed by atoms with Crippen LogP contribution < -0.4 is 0 Å². The molecule has 3 nitrogen and oxygen atoms in total. The summed E-state index contributed by atoms with van der Waals surface area (Å²) in [6, 6.07) is 12.0. The lowest BCUT2D eigenvalue weighted by Gasteiger charge is -2.20. The number of hydrogen-bond donors (Lipinski definition) is 1. The summed E-state index contributed by atoms with van der Waals surface area (Å²) < 4.78 is 1.72. The third-order valence-corrected chi connectivity index (χ3v) is 3.09. The van der Waals surface area contributed by atoms with Gasteiger partial charge in [0, 0.05) is 19.2 Å². The Morgan fingerprint density at radius 2 is 1.94 bits per heavy atom. The third kappa shape index (κ3) is 2.56. The molecule has 90 valence electrons. The Kier molecular flexibility index (Phi) is 3.59. The number of aromatic nitrogens is 2. The molecule has 0 fully saturated rings. The van der Waals surface area contributed by atoms with Crippen molar-refractivity contribution < 1.29 is 5.11 Å². The zero-order valence-corrected chi connectivity index (χ0v) is 10.2. The van der Waals surface area contributed by atoms with E-state index in [4.69, 9.17) is 0 Å². The fourth-order valence-electron chi connectivity index (χ4n) is 2.14. The van der Waals surface area contributed by atoms with Gasteiger partial charge in [0.1, 0.15) is 6.10 Å². The van der Waals surface area contributed by atoms with Crippen molar-refractivity contribution in [1.82, 2.24) is 9.78 Å². The first kappa shape index (κ1) is 11.9. The molecule has 17 heavy (non-hydrogen) atoms. The molecular formula is C14H18N2O. The largest absolute Gasteiger partial charge is 0.386 e. The Morgan fingerprint density at radius 3 is 2.47 bits per heavy atom. The lowest BCUT2D eigenvalue weighted by Crippen LogP contribution is -2.11. The summed E-state index contributed by atoms with van der Waals surface area (Å²) >= 11 is 0. The molecule has 0 amide bonds. The van der Waals surface area contributed by atoms with E-state index in [0.29, 0.717) is 0 Å². The molecule has 3 heteroatoms.